The first-order chi connectivity index (χ1) is 19.9. The largest absolute Gasteiger partial charge is 0.0651 e. The zero-order valence-electron chi connectivity index (χ0n) is 28.3. The fraction of sp³-hybridized carbons (Fsp3) is 1.00. The summed E-state index contributed by atoms with van der Waals surface area (Å²) in [7, 11) is 0. The second-order valence-corrected chi connectivity index (χ2v) is 18.7. The molecule has 234 valence electrons. The predicted octanol–water partition coefficient (Wildman–Crippen LogP) is 12.2. The Hall–Kier alpha value is 0. The molecule has 0 N–H and O–H groups in total. The van der Waals surface area contributed by atoms with Crippen molar-refractivity contribution in [1.82, 2.24) is 0 Å². The molecule has 7 aliphatic carbocycles. The summed E-state index contributed by atoms with van der Waals surface area (Å²) in [5.41, 5.74) is 0.781. The molecule has 0 nitrogen and oxygen atoms in total. The van der Waals surface area contributed by atoms with Crippen molar-refractivity contribution in [1.29, 1.82) is 0 Å². The summed E-state index contributed by atoms with van der Waals surface area (Å²) < 4.78 is 0. The summed E-state index contributed by atoms with van der Waals surface area (Å²) in [4.78, 5) is 0. The van der Waals surface area contributed by atoms with Crippen LogP contribution in [-0.2, 0) is 0 Å². The van der Waals surface area contributed by atoms with Crippen molar-refractivity contribution in [2.24, 2.45) is 94.2 Å². The summed E-state index contributed by atoms with van der Waals surface area (Å²) in [6, 6.07) is 0. The highest BCUT2D eigenvalue weighted by Crippen LogP contribution is 2.63. The Labute approximate surface area is 256 Å². The fourth-order valence-electron chi connectivity index (χ4n) is 14.5. The molecule has 14 atom stereocenters. The Morgan fingerprint density at radius 2 is 1.27 bits per heavy atom. The van der Waals surface area contributed by atoms with Crippen LogP contribution in [0.5, 0.6) is 0 Å². The summed E-state index contributed by atoms with van der Waals surface area (Å²) in [6.07, 6.45) is 31.5. The van der Waals surface area contributed by atoms with Gasteiger partial charge in [0.25, 0.3) is 0 Å². The van der Waals surface area contributed by atoms with Gasteiger partial charge in [-0.15, -0.1) is 0 Å². The predicted molar refractivity (Wildman–Crippen MR) is 175 cm³/mol. The quantitative estimate of drug-likeness (QED) is 0.302. The Bertz CT molecular complexity index is 865. The highest BCUT2D eigenvalue weighted by Gasteiger charge is 2.54. The van der Waals surface area contributed by atoms with Crippen molar-refractivity contribution >= 4 is 0 Å². The van der Waals surface area contributed by atoms with Crippen molar-refractivity contribution in [3.05, 3.63) is 0 Å². The van der Waals surface area contributed by atoms with Gasteiger partial charge in [0, 0.05) is 0 Å². The lowest BCUT2D eigenvalue weighted by Gasteiger charge is -2.56. The Morgan fingerprint density at radius 3 is 2.00 bits per heavy atom. The van der Waals surface area contributed by atoms with Crippen molar-refractivity contribution < 1.29 is 0 Å². The molecule has 7 rings (SSSR count). The van der Waals surface area contributed by atoms with Crippen LogP contribution in [-0.4, -0.2) is 0 Å². The topological polar surface area (TPSA) is 0 Å². The van der Waals surface area contributed by atoms with E-state index >= 15 is 0 Å². The molecule has 7 aliphatic rings. The van der Waals surface area contributed by atoms with E-state index < -0.39 is 0 Å². The summed E-state index contributed by atoms with van der Waals surface area (Å²) in [6.45, 7) is 13.1. The van der Waals surface area contributed by atoms with Crippen LogP contribution in [0, 0.1) is 94.2 Å². The molecule has 41 heavy (non-hydrogen) atoms. The van der Waals surface area contributed by atoms with Gasteiger partial charge in [-0.2, -0.15) is 0 Å². The summed E-state index contributed by atoms with van der Waals surface area (Å²) in [5.74, 6) is 15.8. The molecule has 0 heteroatoms. The third-order valence-corrected chi connectivity index (χ3v) is 16.9. The minimum Gasteiger partial charge on any atom is -0.0651 e. The van der Waals surface area contributed by atoms with E-state index in [0.717, 1.165) is 94.2 Å². The van der Waals surface area contributed by atoms with Crippen LogP contribution >= 0.6 is 0 Å². The van der Waals surface area contributed by atoms with Crippen LogP contribution in [0.3, 0.4) is 0 Å². The van der Waals surface area contributed by atoms with Gasteiger partial charge in [-0.3, -0.25) is 0 Å². The molecule has 0 amide bonds. The number of hydrogen-bond donors (Lipinski definition) is 0. The Morgan fingerprint density at radius 1 is 0.585 bits per heavy atom. The van der Waals surface area contributed by atoms with Gasteiger partial charge in [0.2, 0.25) is 0 Å². The third kappa shape index (κ3) is 5.44. The minimum atomic E-state index is 0.781. The molecule has 0 aliphatic heterocycles. The summed E-state index contributed by atoms with van der Waals surface area (Å²) in [5, 5.41) is 0. The lowest BCUT2D eigenvalue weighted by atomic mass is 9.49. The molecule has 14 unspecified atom stereocenters. The van der Waals surface area contributed by atoms with Crippen LogP contribution in [0.1, 0.15) is 163 Å². The molecular weight excluding hydrogens is 492 g/mol. The van der Waals surface area contributed by atoms with Gasteiger partial charge < -0.3 is 0 Å². The van der Waals surface area contributed by atoms with Crippen molar-refractivity contribution in [2.75, 3.05) is 0 Å². The van der Waals surface area contributed by atoms with Crippen LogP contribution in [0.15, 0.2) is 0 Å². The smallest absolute Gasteiger partial charge is 0.0269 e. The summed E-state index contributed by atoms with van der Waals surface area (Å²) >= 11 is 0. The molecule has 0 saturated heterocycles. The van der Waals surface area contributed by atoms with E-state index in [0.29, 0.717) is 0 Å². The maximum Gasteiger partial charge on any atom is -0.0269 e. The van der Waals surface area contributed by atoms with Crippen LogP contribution in [0.2, 0.25) is 0 Å². The van der Waals surface area contributed by atoms with Gasteiger partial charge in [-0.05, 0) is 178 Å². The standard InChI is InChI=1S/C41H70/c1-6-30-20-29(21-32-15-14-27(4)19-36(32)34-13-9-16-41(28(34)5)17-10-18-41)22-37(30)39-25-33(26(2)3)24-38-35-12-8-7-11-31(35)23-40(38)39/h26-40H,6-25H2,1-5H3. The van der Waals surface area contributed by atoms with E-state index in [4.69, 9.17) is 0 Å². The van der Waals surface area contributed by atoms with Gasteiger partial charge in [-0.25, -0.2) is 0 Å². The normalized spacial score (nSPS) is 51.4. The monoisotopic (exact) mass is 563 g/mol. The molecule has 7 fully saturated rings. The maximum atomic E-state index is 2.74. The second-order valence-electron chi connectivity index (χ2n) is 18.7. The lowest BCUT2D eigenvalue weighted by Crippen LogP contribution is -2.47. The van der Waals surface area contributed by atoms with E-state index in [1.54, 1.807) is 109 Å². The maximum absolute atomic E-state index is 2.74. The van der Waals surface area contributed by atoms with Crippen LogP contribution < -0.4 is 0 Å². The first-order valence-electron chi connectivity index (χ1n) is 19.9. The molecule has 1 spiro atoms. The zero-order valence-corrected chi connectivity index (χ0v) is 28.3. The average molecular weight is 563 g/mol. The van der Waals surface area contributed by atoms with Crippen molar-refractivity contribution in [3.8, 4) is 0 Å². The van der Waals surface area contributed by atoms with Gasteiger partial charge in [0.05, 0.1) is 0 Å². The molecule has 0 bridgehead atoms. The second kappa shape index (κ2) is 12.1. The molecular formula is C41H70. The first kappa shape index (κ1) is 29.7. The first-order valence-corrected chi connectivity index (χ1v) is 19.9. The fourth-order valence-corrected chi connectivity index (χ4v) is 14.5. The number of hydrogen-bond acceptors (Lipinski definition) is 0. The van der Waals surface area contributed by atoms with Crippen molar-refractivity contribution in [2.45, 2.75) is 163 Å². The van der Waals surface area contributed by atoms with Crippen LogP contribution in [0.25, 0.3) is 0 Å². The number of fused-ring (bicyclic) bond motifs is 3. The zero-order chi connectivity index (χ0) is 28.3. The minimum absolute atomic E-state index is 0.781. The SMILES string of the molecule is CCC1CC(CC2CCC(C)CC2C2CCCC3(CCC3)C2C)CC1C1CC(C(C)C)CC2C3CCCCC3CC21. The van der Waals surface area contributed by atoms with E-state index in [1.165, 1.54) is 19.3 Å². The molecule has 0 aromatic carbocycles. The Kier molecular flexibility index (Phi) is 8.74. The molecule has 0 radical (unpaired) electrons. The van der Waals surface area contributed by atoms with Gasteiger partial charge >= 0.3 is 0 Å². The van der Waals surface area contributed by atoms with Gasteiger partial charge in [-0.1, -0.05) is 79.6 Å². The van der Waals surface area contributed by atoms with Crippen LogP contribution in [0.4, 0.5) is 0 Å². The van der Waals surface area contributed by atoms with E-state index in [9.17, 15) is 0 Å². The average Bonchev–Trinajstić information content (AvgIpc) is 3.54. The molecule has 0 aromatic rings. The third-order valence-electron chi connectivity index (χ3n) is 16.9. The highest BCUT2D eigenvalue weighted by molar-refractivity contribution is 5.04. The molecule has 7 saturated carbocycles. The van der Waals surface area contributed by atoms with Gasteiger partial charge in [0.1, 0.15) is 0 Å². The molecule has 0 heterocycles. The lowest BCUT2D eigenvalue weighted by molar-refractivity contribution is -0.0607. The number of rotatable bonds is 6. The van der Waals surface area contributed by atoms with E-state index in [-0.39, 0.29) is 0 Å². The van der Waals surface area contributed by atoms with E-state index in [1.807, 2.05) is 0 Å². The van der Waals surface area contributed by atoms with Gasteiger partial charge in [0.15, 0.2) is 0 Å². The van der Waals surface area contributed by atoms with Crippen molar-refractivity contribution in [3.63, 3.8) is 0 Å². The highest BCUT2D eigenvalue weighted by atomic mass is 14.6. The Balaban J connectivity index is 1.07. The van der Waals surface area contributed by atoms with E-state index in [2.05, 4.69) is 34.6 Å². The molecule has 0 aromatic heterocycles.